The van der Waals surface area contributed by atoms with Crippen molar-refractivity contribution in [1.82, 2.24) is 0 Å². The normalized spacial score (nSPS) is 12.9. The molecule has 0 N–H and O–H groups in total. The summed E-state index contributed by atoms with van der Waals surface area (Å²) >= 11 is 0. The molecule has 0 bridgehead atoms. The Hall–Kier alpha value is -2.92. The van der Waals surface area contributed by atoms with Gasteiger partial charge in [0.1, 0.15) is 6.61 Å². The van der Waals surface area contributed by atoms with E-state index in [1.165, 1.54) is 128 Å². The smallest absolute Gasteiger partial charge is 0.306 e. The van der Waals surface area contributed by atoms with Crippen molar-refractivity contribution in [3.63, 3.8) is 0 Å². The molecule has 0 saturated carbocycles. The van der Waals surface area contributed by atoms with Crippen LogP contribution in [0, 0.1) is 0 Å². The van der Waals surface area contributed by atoms with Crippen molar-refractivity contribution < 1.29 is 23.8 Å². The van der Waals surface area contributed by atoms with E-state index in [1.807, 2.05) is 0 Å². The zero-order valence-electron chi connectivity index (χ0n) is 42.3. The topological polar surface area (TPSA) is 61.8 Å². The lowest BCUT2D eigenvalue weighted by molar-refractivity contribution is -0.163. The van der Waals surface area contributed by atoms with Crippen molar-refractivity contribution in [3.05, 3.63) is 85.1 Å². The van der Waals surface area contributed by atoms with Gasteiger partial charge in [-0.1, -0.05) is 228 Å². The van der Waals surface area contributed by atoms with Gasteiger partial charge in [-0.25, -0.2) is 0 Å². The number of allylic oxidation sites excluding steroid dienone is 14. The third-order valence-electron chi connectivity index (χ3n) is 11.4. The summed E-state index contributed by atoms with van der Waals surface area (Å²) in [4.78, 5) is 25.4. The first-order chi connectivity index (χ1) is 31.6. The second-order valence-electron chi connectivity index (χ2n) is 17.8. The molecule has 0 aliphatic carbocycles. The van der Waals surface area contributed by atoms with Gasteiger partial charge in [-0.2, -0.15) is 0 Å². The van der Waals surface area contributed by atoms with Crippen LogP contribution in [0.25, 0.3) is 0 Å². The molecule has 0 saturated heterocycles. The summed E-state index contributed by atoms with van der Waals surface area (Å²) in [7, 11) is 0. The van der Waals surface area contributed by atoms with E-state index >= 15 is 0 Å². The SMILES string of the molecule is CC/C=C\C/C=C\C/C=C\C/C=C\CCCCCCCCC(=O)OCC(COCCCCCCCCC/C=C\C/C=C\C/C=C\CCCCC)OC(=O)CCCCCCCCCCC. The maximum atomic E-state index is 12.8. The fourth-order valence-corrected chi connectivity index (χ4v) is 7.39. The van der Waals surface area contributed by atoms with Crippen LogP contribution in [0.5, 0.6) is 0 Å². The summed E-state index contributed by atoms with van der Waals surface area (Å²) in [6.07, 6.45) is 71.7. The van der Waals surface area contributed by atoms with Crippen LogP contribution in [0.1, 0.15) is 252 Å². The van der Waals surface area contributed by atoms with E-state index in [1.54, 1.807) is 0 Å². The van der Waals surface area contributed by atoms with Crippen molar-refractivity contribution in [3.8, 4) is 0 Å². The van der Waals surface area contributed by atoms with Gasteiger partial charge in [0.05, 0.1) is 6.61 Å². The number of carbonyl (C=O) groups excluding carboxylic acids is 2. The number of carbonyl (C=O) groups is 2. The molecule has 0 aliphatic rings. The molecule has 1 unspecified atom stereocenters. The first kappa shape index (κ1) is 61.1. The fourth-order valence-electron chi connectivity index (χ4n) is 7.39. The van der Waals surface area contributed by atoms with E-state index < -0.39 is 6.10 Å². The maximum Gasteiger partial charge on any atom is 0.306 e. The van der Waals surface area contributed by atoms with Crippen LogP contribution in [0.4, 0.5) is 0 Å². The van der Waals surface area contributed by atoms with Gasteiger partial charge in [0.2, 0.25) is 0 Å². The summed E-state index contributed by atoms with van der Waals surface area (Å²) in [5.74, 6) is -0.419. The van der Waals surface area contributed by atoms with E-state index in [-0.39, 0.29) is 25.2 Å². The van der Waals surface area contributed by atoms with Crippen LogP contribution in [0.15, 0.2) is 85.1 Å². The Kier molecular flexibility index (Phi) is 51.9. The van der Waals surface area contributed by atoms with Gasteiger partial charge in [-0.05, 0) is 96.3 Å². The van der Waals surface area contributed by atoms with E-state index in [2.05, 4.69) is 106 Å². The lowest BCUT2D eigenvalue weighted by Crippen LogP contribution is -2.30. The molecular formula is C59H102O5. The number of hydrogen-bond donors (Lipinski definition) is 0. The summed E-state index contributed by atoms with van der Waals surface area (Å²) in [6, 6.07) is 0. The second-order valence-corrected chi connectivity index (χ2v) is 17.8. The molecule has 0 aliphatic heterocycles. The second kappa shape index (κ2) is 54.4. The van der Waals surface area contributed by atoms with Gasteiger partial charge in [0.25, 0.3) is 0 Å². The predicted molar refractivity (Wildman–Crippen MR) is 279 cm³/mol. The highest BCUT2D eigenvalue weighted by Gasteiger charge is 2.17. The predicted octanol–water partition coefficient (Wildman–Crippen LogP) is 18.5. The Balaban J connectivity index is 4.22. The van der Waals surface area contributed by atoms with Gasteiger partial charge in [-0.15, -0.1) is 0 Å². The summed E-state index contributed by atoms with van der Waals surface area (Å²) in [5.41, 5.74) is 0. The zero-order chi connectivity index (χ0) is 46.3. The Labute approximate surface area is 397 Å². The van der Waals surface area contributed by atoms with Crippen molar-refractivity contribution in [1.29, 1.82) is 0 Å². The summed E-state index contributed by atoms with van der Waals surface area (Å²) in [6.45, 7) is 7.65. The summed E-state index contributed by atoms with van der Waals surface area (Å²) < 4.78 is 17.4. The van der Waals surface area contributed by atoms with Crippen molar-refractivity contribution in [2.45, 2.75) is 258 Å². The molecule has 0 amide bonds. The van der Waals surface area contributed by atoms with Gasteiger partial charge in [0.15, 0.2) is 6.10 Å². The zero-order valence-corrected chi connectivity index (χ0v) is 42.3. The van der Waals surface area contributed by atoms with Crippen LogP contribution >= 0.6 is 0 Å². The first-order valence-corrected chi connectivity index (χ1v) is 27.1. The molecule has 0 spiro atoms. The van der Waals surface area contributed by atoms with Crippen LogP contribution in [-0.4, -0.2) is 37.9 Å². The Morgan fingerprint density at radius 1 is 0.359 bits per heavy atom. The Morgan fingerprint density at radius 3 is 1.16 bits per heavy atom. The molecule has 5 nitrogen and oxygen atoms in total. The molecule has 0 radical (unpaired) electrons. The van der Waals surface area contributed by atoms with Crippen LogP contribution in [-0.2, 0) is 23.8 Å². The standard InChI is InChI=1S/C59H102O5/c1-4-7-10-13-16-19-21-23-25-27-29-31-33-35-37-39-42-45-48-51-54-62-55-57(64-59(61)53-50-47-44-40-18-15-12-9-6-3)56-63-58(60)52-49-46-43-41-38-36-34-32-30-28-26-24-22-20-17-14-11-8-5-2/h8,11,16-17,19-20,23-26,29-32,57H,4-7,9-10,12-15,18,21-22,27-28,33-56H2,1-3H3/b11-8-,19-16-,20-17-,25-23-,26-24-,31-29-,32-30-. The molecule has 5 heteroatoms. The maximum absolute atomic E-state index is 12.8. The largest absolute Gasteiger partial charge is 0.462 e. The van der Waals surface area contributed by atoms with E-state index in [4.69, 9.17) is 14.2 Å². The quantitative estimate of drug-likeness (QED) is 0.0346. The Bertz CT molecular complexity index is 1190. The third kappa shape index (κ3) is 51.7. The molecular weight excluding hydrogens is 789 g/mol. The molecule has 0 aromatic carbocycles. The minimum atomic E-state index is -0.549. The fraction of sp³-hybridized carbons (Fsp3) is 0.729. The summed E-state index contributed by atoms with van der Waals surface area (Å²) in [5, 5.41) is 0. The van der Waals surface area contributed by atoms with Gasteiger partial charge >= 0.3 is 11.9 Å². The highest BCUT2D eigenvalue weighted by molar-refractivity contribution is 5.70. The molecule has 0 aromatic heterocycles. The molecule has 0 rings (SSSR count). The monoisotopic (exact) mass is 891 g/mol. The molecule has 1 atom stereocenters. The molecule has 0 fully saturated rings. The number of esters is 2. The van der Waals surface area contributed by atoms with E-state index in [0.717, 1.165) is 89.9 Å². The van der Waals surface area contributed by atoms with Gasteiger partial charge < -0.3 is 14.2 Å². The molecule has 368 valence electrons. The van der Waals surface area contributed by atoms with Gasteiger partial charge in [0, 0.05) is 19.4 Å². The average molecular weight is 891 g/mol. The average Bonchev–Trinajstić information content (AvgIpc) is 3.30. The highest BCUT2D eigenvalue weighted by atomic mass is 16.6. The highest BCUT2D eigenvalue weighted by Crippen LogP contribution is 2.14. The number of rotatable bonds is 49. The van der Waals surface area contributed by atoms with Crippen molar-refractivity contribution in [2.24, 2.45) is 0 Å². The van der Waals surface area contributed by atoms with E-state index in [9.17, 15) is 9.59 Å². The molecule has 0 heterocycles. The minimum Gasteiger partial charge on any atom is -0.462 e. The van der Waals surface area contributed by atoms with E-state index in [0.29, 0.717) is 19.4 Å². The van der Waals surface area contributed by atoms with Gasteiger partial charge in [-0.3, -0.25) is 9.59 Å². The number of hydrogen-bond acceptors (Lipinski definition) is 5. The van der Waals surface area contributed by atoms with Crippen molar-refractivity contribution in [2.75, 3.05) is 19.8 Å². The molecule has 64 heavy (non-hydrogen) atoms. The molecule has 0 aromatic rings. The lowest BCUT2D eigenvalue weighted by atomic mass is 10.1. The minimum absolute atomic E-state index is 0.0718. The number of ether oxygens (including phenoxy) is 3. The van der Waals surface area contributed by atoms with Crippen LogP contribution < -0.4 is 0 Å². The lowest BCUT2D eigenvalue weighted by Gasteiger charge is -2.18. The third-order valence-corrected chi connectivity index (χ3v) is 11.4. The Morgan fingerprint density at radius 2 is 0.703 bits per heavy atom. The number of unbranched alkanes of at least 4 members (excludes halogenated alkanes) is 24. The van der Waals surface area contributed by atoms with Crippen LogP contribution in [0.2, 0.25) is 0 Å². The first-order valence-electron chi connectivity index (χ1n) is 27.1. The van der Waals surface area contributed by atoms with Crippen LogP contribution in [0.3, 0.4) is 0 Å². The van der Waals surface area contributed by atoms with Crippen molar-refractivity contribution >= 4 is 11.9 Å².